The smallest absolute Gasteiger partial charge is 0.320 e. The van der Waals surface area contributed by atoms with E-state index in [1.807, 2.05) is 38.3 Å². The van der Waals surface area contributed by atoms with Crippen LogP contribution in [0.15, 0.2) is 29.8 Å². The monoisotopic (exact) mass is 322 g/mol. The van der Waals surface area contributed by atoms with Gasteiger partial charge >= 0.3 is 6.03 Å². The highest BCUT2D eigenvalue weighted by molar-refractivity contribution is 7.10. The summed E-state index contributed by atoms with van der Waals surface area (Å²) in [6.45, 7) is 5.86. The van der Waals surface area contributed by atoms with Crippen LogP contribution in [0, 0.1) is 0 Å². The van der Waals surface area contributed by atoms with E-state index >= 15 is 0 Å². The Morgan fingerprint density at radius 3 is 2.82 bits per heavy atom. The summed E-state index contributed by atoms with van der Waals surface area (Å²) in [6.07, 6.45) is 1.56. The van der Waals surface area contributed by atoms with Crippen molar-refractivity contribution >= 4 is 23.2 Å². The molecule has 2 rings (SSSR count). The molecule has 0 saturated carbocycles. The van der Waals surface area contributed by atoms with Crippen molar-refractivity contribution < 1.29 is 9.90 Å². The summed E-state index contributed by atoms with van der Waals surface area (Å²) in [7, 11) is 0. The average Bonchev–Trinajstić information content (AvgIpc) is 3.08. The topological polar surface area (TPSA) is 79.2 Å². The Labute approximate surface area is 134 Å². The van der Waals surface area contributed by atoms with Crippen LogP contribution in [0.4, 0.5) is 10.6 Å². The molecule has 6 nitrogen and oxygen atoms in total. The third-order valence-electron chi connectivity index (χ3n) is 3.23. The fraction of sp³-hybridized carbons (Fsp3) is 0.467. The second-order valence-electron chi connectivity index (χ2n) is 5.52. The first kappa shape index (κ1) is 16.5. The summed E-state index contributed by atoms with van der Waals surface area (Å²) in [4.78, 5) is 12.9. The quantitative estimate of drug-likeness (QED) is 0.764. The van der Waals surface area contributed by atoms with Gasteiger partial charge in [-0.1, -0.05) is 6.07 Å². The summed E-state index contributed by atoms with van der Waals surface area (Å²) in [5.74, 6) is 0.651. The third kappa shape index (κ3) is 4.32. The van der Waals surface area contributed by atoms with Gasteiger partial charge in [0.15, 0.2) is 0 Å². The van der Waals surface area contributed by atoms with Crippen LogP contribution >= 0.6 is 11.3 Å². The molecule has 0 bridgehead atoms. The van der Waals surface area contributed by atoms with Crippen molar-refractivity contribution in [2.45, 2.75) is 45.4 Å². The van der Waals surface area contributed by atoms with Gasteiger partial charge in [0.25, 0.3) is 0 Å². The number of carbonyl (C=O) groups is 1. The van der Waals surface area contributed by atoms with Gasteiger partial charge in [-0.2, -0.15) is 5.10 Å². The molecular weight excluding hydrogens is 300 g/mol. The zero-order valence-corrected chi connectivity index (χ0v) is 13.8. The third-order valence-corrected chi connectivity index (χ3v) is 4.20. The van der Waals surface area contributed by atoms with E-state index in [1.165, 1.54) is 11.3 Å². The standard InChI is InChI=1S/C15H22N4O2S/c1-10(2)19-14(6-7-16-19)18-15(21)17-11(3)9-12(20)13-5-4-8-22-13/h4-8,10-12,20H,9H2,1-3H3,(H2,17,18,21). The van der Waals surface area contributed by atoms with Gasteiger partial charge < -0.3 is 10.4 Å². The lowest BCUT2D eigenvalue weighted by Crippen LogP contribution is -2.37. The van der Waals surface area contributed by atoms with Gasteiger partial charge in [0.1, 0.15) is 5.82 Å². The molecular formula is C15H22N4O2S. The molecule has 22 heavy (non-hydrogen) atoms. The zero-order valence-electron chi connectivity index (χ0n) is 13.0. The van der Waals surface area contributed by atoms with Crippen molar-refractivity contribution in [1.82, 2.24) is 15.1 Å². The molecule has 0 radical (unpaired) electrons. The Bertz CT molecular complexity index is 594. The van der Waals surface area contributed by atoms with E-state index in [9.17, 15) is 9.90 Å². The minimum atomic E-state index is -0.559. The molecule has 0 spiro atoms. The Kier molecular flexibility index (Phi) is 5.57. The summed E-state index contributed by atoms with van der Waals surface area (Å²) in [6, 6.07) is 5.28. The maximum Gasteiger partial charge on any atom is 0.320 e. The number of hydrogen-bond acceptors (Lipinski definition) is 4. The molecule has 0 aromatic carbocycles. The van der Waals surface area contributed by atoms with Crippen LogP contribution in [-0.4, -0.2) is 27.0 Å². The fourth-order valence-electron chi connectivity index (χ4n) is 2.19. The first-order valence-corrected chi connectivity index (χ1v) is 8.18. The number of thiophene rings is 1. The highest BCUT2D eigenvalue weighted by Gasteiger charge is 2.16. The summed E-state index contributed by atoms with van der Waals surface area (Å²) in [5, 5.41) is 21.8. The molecule has 0 aliphatic rings. The van der Waals surface area contributed by atoms with E-state index < -0.39 is 6.10 Å². The highest BCUT2D eigenvalue weighted by Crippen LogP contribution is 2.22. The zero-order chi connectivity index (χ0) is 16.1. The van der Waals surface area contributed by atoms with Gasteiger partial charge in [0.2, 0.25) is 0 Å². The van der Waals surface area contributed by atoms with Gasteiger partial charge in [0, 0.05) is 23.0 Å². The van der Waals surface area contributed by atoms with Gasteiger partial charge in [-0.15, -0.1) is 11.3 Å². The summed E-state index contributed by atoms with van der Waals surface area (Å²) >= 11 is 1.51. The molecule has 0 aliphatic carbocycles. The predicted molar refractivity (Wildman–Crippen MR) is 88.1 cm³/mol. The van der Waals surface area contributed by atoms with Crippen LogP contribution in [0.1, 0.15) is 44.2 Å². The van der Waals surface area contributed by atoms with Crippen molar-refractivity contribution in [2.24, 2.45) is 0 Å². The van der Waals surface area contributed by atoms with Crippen LogP contribution in [0.5, 0.6) is 0 Å². The molecule has 2 aromatic heterocycles. The molecule has 0 saturated heterocycles. The number of nitrogens with zero attached hydrogens (tertiary/aromatic N) is 2. The number of amides is 2. The van der Waals surface area contributed by atoms with Crippen molar-refractivity contribution in [1.29, 1.82) is 0 Å². The van der Waals surface area contributed by atoms with Crippen LogP contribution < -0.4 is 10.6 Å². The number of rotatable bonds is 6. The highest BCUT2D eigenvalue weighted by atomic mass is 32.1. The van der Waals surface area contributed by atoms with Crippen molar-refractivity contribution in [3.8, 4) is 0 Å². The first-order chi connectivity index (χ1) is 10.5. The Morgan fingerprint density at radius 1 is 1.41 bits per heavy atom. The number of anilines is 1. The van der Waals surface area contributed by atoms with Crippen LogP contribution in [-0.2, 0) is 0 Å². The van der Waals surface area contributed by atoms with Gasteiger partial charge in [-0.25, -0.2) is 9.48 Å². The molecule has 3 N–H and O–H groups in total. The maximum absolute atomic E-state index is 12.0. The molecule has 0 aliphatic heterocycles. The molecule has 2 heterocycles. The Balaban J connectivity index is 1.85. The number of urea groups is 1. The average molecular weight is 322 g/mol. The summed E-state index contributed by atoms with van der Waals surface area (Å²) in [5.41, 5.74) is 0. The predicted octanol–water partition coefficient (Wildman–Crippen LogP) is 3.16. The lowest BCUT2D eigenvalue weighted by molar-refractivity contribution is 0.158. The minimum absolute atomic E-state index is 0.146. The number of aliphatic hydroxyl groups excluding tert-OH is 1. The number of nitrogens with one attached hydrogen (secondary N) is 2. The first-order valence-electron chi connectivity index (χ1n) is 7.30. The molecule has 120 valence electrons. The summed E-state index contributed by atoms with van der Waals surface area (Å²) < 4.78 is 1.74. The van der Waals surface area contributed by atoms with E-state index in [4.69, 9.17) is 0 Å². The van der Waals surface area contributed by atoms with Gasteiger partial charge in [0.05, 0.1) is 12.3 Å². The van der Waals surface area contributed by atoms with Crippen LogP contribution in [0.3, 0.4) is 0 Å². The molecule has 2 atom stereocenters. The molecule has 2 unspecified atom stereocenters. The van der Waals surface area contributed by atoms with E-state index in [2.05, 4.69) is 15.7 Å². The van der Waals surface area contributed by atoms with Gasteiger partial charge in [-0.3, -0.25) is 5.32 Å². The lowest BCUT2D eigenvalue weighted by Gasteiger charge is -2.18. The molecule has 2 aromatic rings. The van der Waals surface area contributed by atoms with E-state index in [0.29, 0.717) is 12.2 Å². The molecule has 2 amide bonds. The van der Waals surface area contributed by atoms with Gasteiger partial charge in [-0.05, 0) is 38.6 Å². The Morgan fingerprint density at radius 2 is 2.18 bits per heavy atom. The lowest BCUT2D eigenvalue weighted by atomic mass is 10.1. The number of hydrogen-bond donors (Lipinski definition) is 3. The largest absolute Gasteiger partial charge is 0.387 e. The van der Waals surface area contributed by atoms with Crippen LogP contribution in [0.25, 0.3) is 0 Å². The number of aromatic nitrogens is 2. The number of carbonyl (C=O) groups excluding carboxylic acids is 1. The van der Waals surface area contributed by atoms with Crippen molar-refractivity contribution in [3.05, 3.63) is 34.7 Å². The molecule has 0 fully saturated rings. The van der Waals surface area contributed by atoms with E-state index in [0.717, 1.165) is 4.88 Å². The van der Waals surface area contributed by atoms with Crippen molar-refractivity contribution in [3.63, 3.8) is 0 Å². The second-order valence-corrected chi connectivity index (χ2v) is 6.50. The Hall–Kier alpha value is -1.86. The van der Waals surface area contributed by atoms with Crippen molar-refractivity contribution in [2.75, 3.05) is 5.32 Å². The fourth-order valence-corrected chi connectivity index (χ4v) is 2.92. The van der Waals surface area contributed by atoms with Crippen LogP contribution in [0.2, 0.25) is 0 Å². The molecule has 7 heteroatoms. The van der Waals surface area contributed by atoms with E-state index in [1.54, 1.807) is 16.9 Å². The SMILES string of the molecule is CC(CC(O)c1cccs1)NC(=O)Nc1ccnn1C(C)C. The normalized spacial score (nSPS) is 13.9. The second kappa shape index (κ2) is 7.42. The van der Waals surface area contributed by atoms with E-state index in [-0.39, 0.29) is 18.1 Å². The number of aliphatic hydroxyl groups is 1. The minimum Gasteiger partial charge on any atom is -0.387 e. The maximum atomic E-state index is 12.0.